The van der Waals surface area contributed by atoms with E-state index < -0.39 is 0 Å². The van der Waals surface area contributed by atoms with E-state index in [9.17, 15) is 4.79 Å². The molecule has 1 aromatic rings. The fourth-order valence-electron chi connectivity index (χ4n) is 3.57. The zero-order chi connectivity index (χ0) is 12.1. The molecule has 3 unspecified atom stereocenters. The first kappa shape index (κ1) is 10.5. The summed E-state index contributed by atoms with van der Waals surface area (Å²) in [6.07, 6.45) is 7.41. The predicted molar refractivity (Wildman–Crippen MR) is 65.1 cm³/mol. The highest BCUT2D eigenvalue weighted by molar-refractivity contribution is 5.90. The van der Waals surface area contributed by atoms with Crippen LogP contribution in [0.15, 0.2) is 0 Å². The highest BCUT2D eigenvalue weighted by Gasteiger charge is 2.40. The number of rotatable bonds is 3. The van der Waals surface area contributed by atoms with E-state index in [0.717, 1.165) is 18.2 Å². The molecule has 3 aliphatic carbocycles. The molecule has 0 saturated heterocycles. The van der Waals surface area contributed by atoms with Gasteiger partial charge in [0.2, 0.25) is 5.82 Å². The number of amides is 1. The summed E-state index contributed by atoms with van der Waals surface area (Å²) in [5, 5.41) is 10.0. The van der Waals surface area contributed by atoms with Crippen molar-refractivity contribution in [1.82, 2.24) is 20.5 Å². The minimum Gasteiger partial charge on any atom is -0.346 e. The van der Waals surface area contributed by atoms with Crippen LogP contribution in [0.25, 0.3) is 0 Å². The number of nitrogens with one attached hydrogen (secondary N) is 2. The Bertz CT molecular complexity index is 479. The molecule has 4 rings (SSSR count). The Balaban J connectivity index is 1.42. The minimum atomic E-state index is -0.101. The summed E-state index contributed by atoms with van der Waals surface area (Å²) in [7, 11) is 0. The van der Waals surface area contributed by atoms with Gasteiger partial charge in [-0.25, -0.2) is 4.98 Å². The van der Waals surface area contributed by atoms with E-state index in [4.69, 9.17) is 0 Å². The fraction of sp³-hybridized carbons (Fsp3) is 0.769. The number of carbonyl (C=O) groups is 1. The first-order chi connectivity index (χ1) is 8.79. The molecule has 5 nitrogen and oxygen atoms in total. The number of hydrogen-bond donors (Lipinski definition) is 2. The van der Waals surface area contributed by atoms with E-state index in [-0.39, 0.29) is 5.91 Å². The van der Waals surface area contributed by atoms with Crippen LogP contribution in [0.4, 0.5) is 0 Å². The molecule has 3 fully saturated rings. The first-order valence-corrected chi connectivity index (χ1v) is 7.03. The van der Waals surface area contributed by atoms with E-state index >= 15 is 0 Å². The number of H-pyrrole nitrogens is 1. The average molecular weight is 246 g/mol. The van der Waals surface area contributed by atoms with Gasteiger partial charge < -0.3 is 5.32 Å². The molecule has 5 heteroatoms. The van der Waals surface area contributed by atoms with Gasteiger partial charge in [0.25, 0.3) is 5.91 Å². The molecule has 1 aromatic heterocycles. The predicted octanol–water partition coefficient (Wildman–Crippen LogP) is 1.60. The molecule has 3 saturated carbocycles. The van der Waals surface area contributed by atoms with Crippen LogP contribution in [0, 0.1) is 11.8 Å². The molecular weight excluding hydrogens is 228 g/mol. The van der Waals surface area contributed by atoms with Gasteiger partial charge in [0.1, 0.15) is 5.82 Å². The van der Waals surface area contributed by atoms with Crippen LogP contribution in [0.5, 0.6) is 0 Å². The summed E-state index contributed by atoms with van der Waals surface area (Å²) >= 11 is 0. The Labute approximate surface area is 106 Å². The number of fused-ring (bicyclic) bond motifs is 2. The maximum atomic E-state index is 12.1. The van der Waals surface area contributed by atoms with E-state index in [1.165, 1.54) is 32.1 Å². The number of hydrogen-bond acceptors (Lipinski definition) is 3. The van der Waals surface area contributed by atoms with Crippen molar-refractivity contribution in [2.24, 2.45) is 11.8 Å². The molecule has 0 radical (unpaired) electrons. The Morgan fingerprint density at radius 1 is 1.22 bits per heavy atom. The van der Waals surface area contributed by atoms with E-state index in [0.29, 0.717) is 23.7 Å². The van der Waals surface area contributed by atoms with E-state index in [2.05, 4.69) is 20.5 Å². The third-order valence-electron chi connectivity index (χ3n) is 4.72. The van der Waals surface area contributed by atoms with E-state index in [1.807, 2.05) is 0 Å². The summed E-state index contributed by atoms with van der Waals surface area (Å²) in [6.45, 7) is 0. The van der Waals surface area contributed by atoms with Crippen molar-refractivity contribution in [3.63, 3.8) is 0 Å². The van der Waals surface area contributed by atoms with Crippen LogP contribution >= 0.6 is 0 Å². The van der Waals surface area contributed by atoms with Crippen molar-refractivity contribution in [2.75, 3.05) is 0 Å². The lowest BCUT2D eigenvalue weighted by molar-refractivity contribution is 0.0912. The van der Waals surface area contributed by atoms with Crippen LogP contribution in [-0.2, 0) is 0 Å². The molecule has 0 spiro atoms. The number of nitrogens with zero attached hydrogens (tertiary/aromatic N) is 2. The standard InChI is InChI=1S/C13H18N4O/c18-13(12-15-11(16-17-12)8-3-4-8)14-10-6-7-1-2-9(10)5-7/h7-10H,1-6H2,(H,14,18)(H,15,16,17). The van der Waals surface area contributed by atoms with Crippen LogP contribution in [0.1, 0.15) is 60.9 Å². The highest BCUT2D eigenvalue weighted by atomic mass is 16.2. The minimum absolute atomic E-state index is 0.101. The molecule has 0 aliphatic heterocycles. The maximum absolute atomic E-state index is 12.1. The molecule has 1 amide bonds. The van der Waals surface area contributed by atoms with Gasteiger partial charge in [-0.05, 0) is 43.9 Å². The number of carbonyl (C=O) groups excluding carboxylic acids is 1. The second-order valence-electron chi connectivity index (χ2n) is 6.07. The van der Waals surface area contributed by atoms with Gasteiger partial charge in [-0.1, -0.05) is 6.42 Å². The van der Waals surface area contributed by atoms with Crippen LogP contribution in [0.3, 0.4) is 0 Å². The molecule has 3 atom stereocenters. The van der Waals surface area contributed by atoms with Crippen molar-refractivity contribution >= 4 is 5.91 Å². The van der Waals surface area contributed by atoms with Crippen molar-refractivity contribution in [3.8, 4) is 0 Å². The fourth-order valence-corrected chi connectivity index (χ4v) is 3.57. The summed E-state index contributed by atoms with van der Waals surface area (Å²) in [5.41, 5.74) is 0. The topological polar surface area (TPSA) is 70.7 Å². The van der Waals surface area contributed by atoms with Crippen molar-refractivity contribution < 1.29 is 4.79 Å². The lowest BCUT2D eigenvalue weighted by atomic mass is 9.95. The summed E-state index contributed by atoms with van der Waals surface area (Å²) < 4.78 is 0. The SMILES string of the molecule is O=C(NC1CC2CCC1C2)c1n[nH]c(C2CC2)n1. The van der Waals surface area contributed by atoms with E-state index in [1.54, 1.807) is 0 Å². The maximum Gasteiger partial charge on any atom is 0.291 e. The second-order valence-corrected chi connectivity index (χ2v) is 6.07. The quantitative estimate of drug-likeness (QED) is 0.851. The number of aromatic amines is 1. The second kappa shape index (κ2) is 3.80. The largest absolute Gasteiger partial charge is 0.346 e. The Morgan fingerprint density at radius 3 is 2.78 bits per heavy atom. The van der Waals surface area contributed by atoms with Crippen LogP contribution < -0.4 is 5.32 Å². The Kier molecular flexibility index (Phi) is 2.22. The monoisotopic (exact) mass is 246 g/mol. The summed E-state index contributed by atoms with van der Waals surface area (Å²) in [6, 6.07) is 0.360. The van der Waals surface area contributed by atoms with Crippen molar-refractivity contribution in [1.29, 1.82) is 0 Å². The average Bonchev–Trinajstić information content (AvgIpc) is 2.81. The van der Waals surface area contributed by atoms with Gasteiger partial charge in [-0.15, -0.1) is 5.10 Å². The lowest BCUT2D eigenvalue weighted by Gasteiger charge is -2.21. The lowest BCUT2D eigenvalue weighted by Crippen LogP contribution is -2.38. The Morgan fingerprint density at radius 2 is 2.11 bits per heavy atom. The summed E-state index contributed by atoms with van der Waals surface area (Å²) in [4.78, 5) is 16.4. The Hall–Kier alpha value is -1.39. The summed E-state index contributed by atoms with van der Waals surface area (Å²) in [5.74, 6) is 3.15. The third-order valence-corrected chi connectivity index (χ3v) is 4.72. The molecule has 3 aliphatic rings. The third kappa shape index (κ3) is 1.72. The molecule has 96 valence electrons. The zero-order valence-electron chi connectivity index (χ0n) is 10.4. The van der Waals surface area contributed by atoms with Gasteiger partial charge in [0.15, 0.2) is 0 Å². The van der Waals surface area contributed by atoms with Gasteiger partial charge in [0.05, 0.1) is 0 Å². The molecule has 2 bridgehead atoms. The van der Waals surface area contributed by atoms with Gasteiger partial charge in [-0.2, -0.15) is 0 Å². The van der Waals surface area contributed by atoms with Crippen molar-refractivity contribution in [3.05, 3.63) is 11.6 Å². The molecular formula is C13H18N4O. The number of aromatic nitrogens is 3. The van der Waals surface area contributed by atoms with Gasteiger partial charge in [0, 0.05) is 12.0 Å². The zero-order valence-corrected chi connectivity index (χ0v) is 10.4. The molecule has 18 heavy (non-hydrogen) atoms. The normalized spacial score (nSPS) is 33.9. The van der Waals surface area contributed by atoms with Gasteiger partial charge >= 0.3 is 0 Å². The van der Waals surface area contributed by atoms with Gasteiger partial charge in [-0.3, -0.25) is 9.89 Å². The highest BCUT2D eigenvalue weighted by Crippen LogP contribution is 2.44. The van der Waals surface area contributed by atoms with Crippen LogP contribution in [-0.4, -0.2) is 27.1 Å². The molecule has 2 N–H and O–H groups in total. The molecule has 1 heterocycles. The van der Waals surface area contributed by atoms with Crippen molar-refractivity contribution in [2.45, 2.75) is 50.5 Å². The molecule has 0 aromatic carbocycles. The first-order valence-electron chi connectivity index (χ1n) is 7.03. The smallest absolute Gasteiger partial charge is 0.291 e. The van der Waals surface area contributed by atoms with Crippen LogP contribution in [0.2, 0.25) is 0 Å².